The van der Waals surface area contributed by atoms with Gasteiger partial charge in [-0.3, -0.25) is 0 Å². The highest BCUT2D eigenvalue weighted by atomic mass is 32.2. The number of aromatic nitrogens is 1. The van der Waals surface area contributed by atoms with E-state index in [-0.39, 0.29) is 0 Å². The number of hydrogen-bond donors (Lipinski definition) is 1. The van der Waals surface area contributed by atoms with E-state index in [1.165, 1.54) is 11.1 Å². The molecular weight excluding hydrogens is 432 g/mol. The molecule has 0 aliphatic rings. The Morgan fingerprint density at radius 1 is 0.781 bits per heavy atom. The Labute approximate surface area is 196 Å². The molecule has 1 unspecified atom stereocenters. The van der Waals surface area contributed by atoms with Gasteiger partial charge in [-0.2, -0.15) is 5.26 Å². The second-order valence-corrected chi connectivity index (χ2v) is 9.42. The second-order valence-electron chi connectivity index (χ2n) is 7.19. The first-order valence-electron chi connectivity index (χ1n) is 10.3. The van der Waals surface area contributed by atoms with Crippen molar-refractivity contribution in [1.29, 1.82) is 5.26 Å². The van der Waals surface area contributed by atoms with Crippen LogP contribution in [0.4, 0.5) is 0 Å². The number of thioether (sulfide) groups is 2. The molecule has 3 nitrogen and oxygen atoms in total. The summed E-state index contributed by atoms with van der Waals surface area (Å²) in [5.74, 6) is 1.45. The first-order chi connectivity index (χ1) is 15.7. The van der Waals surface area contributed by atoms with E-state index in [1.807, 2.05) is 66.7 Å². The molecule has 0 saturated heterocycles. The van der Waals surface area contributed by atoms with Gasteiger partial charge in [0.1, 0.15) is 6.10 Å². The van der Waals surface area contributed by atoms with Gasteiger partial charge < -0.3 is 5.11 Å². The highest BCUT2D eigenvalue weighted by Crippen LogP contribution is 2.39. The number of pyridine rings is 1. The van der Waals surface area contributed by atoms with Gasteiger partial charge >= 0.3 is 0 Å². The Morgan fingerprint density at radius 2 is 1.34 bits per heavy atom. The van der Waals surface area contributed by atoms with E-state index in [1.54, 1.807) is 29.6 Å². The van der Waals surface area contributed by atoms with Gasteiger partial charge in [0, 0.05) is 16.9 Å². The fourth-order valence-electron chi connectivity index (χ4n) is 3.24. The summed E-state index contributed by atoms with van der Waals surface area (Å²) in [6.07, 6.45) is -1.08. The molecular formula is C27H22N2OS2. The maximum atomic E-state index is 11.1. The van der Waals surface area contributed by atoms with E-state index >= 15 is 0 Å². The van der Waals surface area contributed by atoms with Gasteiger partial charge in [-0.1, -0.05) is 84.9 Å². The monoisotopic (exact) mass is 454 g/mol. The molecule has 1 heterocycles. The molecule has 4 rings (SSSR count). The highest BCUT2D eigenvalue weighted by molar-refractivity contribution is 8.21. The lowest BCUT2D eigenvalue weighted by atomic mass is 10.1. The summed E-state index contributed by atoms with van der Waals surface area (Å²) in [4.78, 5) is 4.61. The molecule has 0 radical (unpaired) electrons. The minimum Gasteiger partial charge on any atom is -0.381 e. The number of aliphatic hydroxyl groups excluding tert-OH is 1. The zero-order chi connectivity index (χ0) is 22.2. The summed E-state index contributed by atoms with van der Waals surface area (Å²) in [6.45, 7) is 0. The van der Waals surface area contributed by atoms with Crippen molar-refractivity contribution in [2.24, 2.45) is 0 Å². The number of nitriles is 1. The molecule has 0 bridgehead atoms. The van der Waals surface area contributed by atoms with Crippen molar-refractivity contribution in [3.05, 3.63) is 124 Å². The average molecular weight is 455 g/mol. The third kappa shape index (κ3) is 5.60. The van der Waals surface area contributed by atoms with Gasteiger partial charge in [-0.25, -0.2) is 4.98 Å². The van der Waals surface area contributed by atoms with Crippen molar-refractivity contribution in [3.63, 3.8) is 0 Å². The van der Waals surface area contributed by atoms with E-state index in [0.29, 0.717) is 11.3 Å². The minimum absolute atomic E-state index is 0.342. The topological polar surface area (TPSA) is 56.9 Å². The zero-order valence-corrected chi connectivity index (χ0v) is 19.0. The average Bonchev–Trinajstić information content (AvgIpc) is 2.86. The molecule has 0 saturated carbocycles. The van der Waals surface area contributed by atoms with Crippen LogP contribution in [0.3, 0.4) is 0 Å². The Morgan fingerprint density at radius 3 is 1.94 bits per heavy atom. The van der Waals surface area contributed by atoms with E-state index in [0.717, 1.165) is 26.6 Å². The van der Waals surface area contributed by atoms with Gasteiger partial charge in [-0.05, 0) is 23.3 Å². The molecule has 0 fully saturated rings. The van der Waals surface area contributed by atoms with Crippen LogP contribution in [0.5, 0.6) is 0 Å². The molecule has 3 aromatic carbocycles. The van der Waals surface area contributed by atoms with Crippen molar-refractivity contribution in [2.75, 3.05) is 0 Å². The molecule has 32 heavy (non-hydrogen) atoms. The summed E-state index contributed by atoms with van der Waals surface area (Å²) >= 11 is 3.17. The number of para-hydroxylation sites is 1. The smallest absolute Gasteiger partial charge is 0.132 e. The summed E-state index contributed by atoms with van der Waals surface area (Å²) in [6, 6.07) is 34.1. The lowest BCUT2D eigenvalue weighted by Gasteiger charge is -2.15. The molecule has 0 spiro atoms. The predicted molar refractivity (Wildman–Crippen MR) is 135 cm³/mol. The van der Waals surface area contributed by atoms with Gasteiger partial charge in [0.15, 0.2) is 0 Å². The van der Waals surface area contributed by atoms with Gasteiger partial charge in [0.05, 0.1) is 27.1 Å². The third-order valence-electron chi connectivity index (χ3n) is 4.94. The summed E-state index contributed by atoms with van der Waals surface area (Å²) < 4.78 is 0.822. The molecule has 5 heteroatoms. The minimum atomic E-state index is -1.08. The molecule has 0 aliphatic heterocycles. The first kappa shape index (κ1) is 22.2. The van der Waals surface area contributed by atoms with Crippen molar-refractivity contribution < 1.29 is 5.11 Å². The number of hydrogen-bond acceptors (Lipinski definition) is 5. The van der Waals surface area contributed by atoms with Crippen LogP contribution in [0.25, 0.3) is 10.9 Å². The summed E-state index contributed by atoms with van der Waals surface area (Å²) in [5.41, 5.74) is 3.97. The molecule has 1 N–H and O–H groups in total. The van der Waals surface area contributed by atoms with Gasteiger partial charge in [-0.15, -0.1) is 23.5 Å². The van der Waals surface area contributed by atoms with Crippen LogP contribution in [-0.4, -0.2) is 10.1 Å². The zero-order valence-electron chi connectivity index (χ0n) is 17.4. The fourth-order valence-corrected chi connectivity index (χ4v) is 5.54. The number of aliphatic hydroxyl groups is 1. The Kier molecular flexibility index (Phi) is 7.63. The largest absolute Gasteiger partial charge is 0.381 e. The van der Waals surface area contributed by atoms with E-state index in [4.69, 9.17) is 0 Å². The highest BCUT2D eigenvalue weighted by Gasteiger charge is 2.21. The number of nitrogens with zero attached hydrogens (tertiary/aromatic N) is 2. The van der Waals surface area contributed by atoms with Crippen LogP contribution in [-0.2, 0) is 11.5 Å². The normalized spacial score (nSPS) is 11.6. The standard InChI is InChI=1S/C27H22N2OS2/c28-17-23(26(30)25-16-15-22-13-7-8-14-24(22)29-25)27(31-18-20-9-3-1-4-10-20)32-19-21-11-5-2-6-12-21/h1-16,26,30H,18-19H2. The van der Waals surface area contributed by atoms with Crippen molar-refractivity contribution >= 4 is 34.4 Å². The van der Waals surface area contributed by atoms with Crippen LogP contribution in [0, 0.1) is 11.3 Å². The maximum absolute atomic E-state index is 11.1. The van der Waals surface area contributed by atoms with E-state index in [2.05, 4.69) is 35.3 Å². The fraction of sp³-hybridized carbons (Fsp3) is 0.111. The Balaban J connectivity index is 1.64. The molecule has 1 aromatic heterocycles. The van der Waals surface area contributed by atoms with Crippen LogP contribution >= 0.6 is 23.5 Å². The number of benzene rings is 3. The van der Waals surface area contributed by atoms with Crippen molar-refractivity contribution in [3.8, 4) is 6.07 Å². The third-order valence-corrected chi connectivity index (χ3v) is 7.57. The van der Waals surface area contributed by atoms with Crippen LogP contribution in [0.15, 0.2) is 107 Å². The lowest BCUT2D eigenvalue weighted by molar-refractivity contribution is 0.216. The van der Waals surface area contributed by atoms with Crippen molar-refractivity contribution in [2.45, 2.75) is 17.6 Å². The SMILES string of the molecule is N#CC(=C(SCc1ccccc1)SCc1ccccc1)C(O)c1ccc2ccccc2n1. The van der Waals surface area contributed by atoms with Crippen LogP contribution < -0.4 is 0 Å². The van der Waals surface area contributed by atoms with Crippen LogP contribution in [0.2, 0.25) is 0 Å². The van der Waals surface area contributed by atoms with Crippen molar-refractivity contribution in [1.82, 2.24) is 4.98 Å². The maximum Gasteiger partial charge on any atom is 0.132 e. The Bertz CT molecular complexity index is 1210. The number of rotatable bonds is 8. The van der Waals surface area contributed by atoms with Gasteiger partial charge in [0.25, 0.3) is 0 Å². The van der Waals surface area contributed by atoms with Gasteiger partial charge in [0.2, 0.25) is 0 Å². The molecule has 0 aliphatic carbocycles. The second kappa shape index (κ2) is 11.0. The molecule has 4 aromatic rings. The lowest BCUT2D eigenvalue weighted by Crippen LogP contribution is -2.05. The molecule has 158 valence electrons. The van der Waals surface area contributed by atoms with E-state index < -0.39 is 6.10 Å². The van der Waals surface area contributed by atoms with E-state index in [9.17, 15) is 10.4 Å². The quantitative estimate of drug-likeness (QED) is 0.294. The summed E-state index contributed by atoms with van der Waals surface area (Å²) in [5, 5.41) is 22.2. The molecule has 1 atom stereocenters. The number of fused-ring (bicyclic) bond motifs is 1. The predicted octanol–water partition coefficient (Wildman–Crippen LogP) is 6.87. The van der Waals surface area contributed by atoms with Crippen LogP contribution in [0.1, 0.15) is 22.9 Å². The summed E-state index contributed by atoms with van der Waals surface area (Å²) in [7, 11) is 0. The molecule has 0 amide bonds. The Hall–Kier alpha value is -3.04. The first-order valence-corrected chi connectivity index (χ1v) is 12.2.